The normalized spacial score (nSPS) is 15.3. The fourth-order valence-corrected chi connectivity index (χ4v) is 6.05. The van der Waals surface area contributed by atoms with Crippen molar-refractivity contribution in [3.63, 3.8) is 0 Å². The summed E-state index contributed by atoms with van der Waals surface area (Å²) in [5.74, 6) is 0.269. The molecular formula is C31H31ClN6O2S2. The predicted octanol–water partition coefficient (Wildman–Crippen LogP) is 8.08. The molecule has 216 valence electrons. The van der Waals surface area contributed by atoms with E-state index in [4.69, 9.17) is 26.8 Å². The number of benzene rings is 2. The first-order valence-electron chi connectivity index (χ1n) is 13.2. The highest BCUT2D eigenvalue weighted by atomic mass is 35.5. The third kappa shape index (κ3) is 8.01. The number of nitrogens with two attached hydrogens (primary N) is 1. The van der Waals surface area contributed by atoms with E-state index in [0.717, 1.165) is 40.7 Å². The monoisotopic (exact) mass is 618 g/mol. The van der Waals surface area contributed by atoms with E-state index < -0.39 is 0 Å². The van der Waals surface area contributed by atoms with Crippen molar-refractivity contribution in [2.24, 2.45) is 0 Å². The minimum Gasteiger partial charge on any atom is -0.383 e. The Hall–Kier alpha value is -3.64. The summed E-state index contributed by atoms with van der Waals surface area (Å²) in [6.07, 6.45) is 1.36. The van der Waals surface area contributed by atoms with Crippen molar-refractivity contribution >= 4 is 51.3 Å². The Balaban J connectivity index is 0.000000385. The number of aromatic nitrogens is 2. The van der Waals surface area contributed by atoms with Crippen molar-refractivity contribution in [1.82, 2.24) is 9.97 Å². The molecule has 2 aromatic heterocycles. The van der Waals surface area contributed by atoms with Crippen LogP contribution in [0.5, 0.6) is 0 Å². The molecule has 2 aromatic carbocycles. The number of pyridine rings is 1. The number of rotatable bonds is 7. The second-order valence-electron chi connectivity index (χ2n) is 9.94. The average molecular weight is 619 g/mol. The minimum absolute atomic E-state index is 0.108. The topological polar surface area (TPSA) is 130 Å². The van der Waals surface area contributed by atoms with Crippen LogP contribution in [0.15, 0.2) is 58.9 Å². The summed E-state index contributed by atoms with van der Waals surface area (Å²) in [6.45, 7) is 8.73. The second-order valence-corrected chi connectivity index (χ2v) is 12.2. The Morgan fingerprint density at radius 1 is 1.14 bits per heavy atom. The third-order valence-electron chi connectivity index (χ3n) is 6.26. The van der Waals surface area contributed by atoms with Crippen LogP contribution in [0.4, 0.5) is 16.6 Å². The highest BCUT2D eigenvalue weighted by Gasteiger charge is 2.31. The Labute approximate surface area is 259 Å². The molecule has 8 nitrogen and oxygen atoms in total. The van der Waals surface area contributed by atoms with Crippen molar-refractivity contribution in [3.8, 4) is 23.3 Å². The Morgan fingerprint density at radius 3 is 2.48 bits per heavy atom. The number of anilines is 3. The predicted molar refractivity (Wildman–Crippen MR) is 170 cm³/mol. The number of hydrogen-bond donors (Lipinski definition) is 2. The first-order chi connectivity index (χ1) is 20.1. The zero-order valence-electron chi connectivity index (χ0n) is 23.8. The lowest BCUT2D eigenvalue weighted by molar-refractivity contribution is -0.138. The maximum atomic E-state index is 9.93. The van der Waals surface area contributed by atoms with Crippen LogP contribution in [-0.4, -0.2) is 28.5 Å². The number of nitrogens with zero attached hydrogens (tertiary/aromatic N) is 4. The first-order valence-corrected chi connectivity index (χ1v) is 15.5. The zero-order chi connectivity index (χ0) is 30.3. The SMILES string of the molecule is CCC1COC(C)(C)O1.Cc1ccc(-c2c(C#N)c(N)nc(SCc3csc(Nc4cccc(Cl)c4)n3)c2C#N)cc1. The molecule has 0 saturated carbocycles. The lowest BCUT2D eigenvalue weighted by atomic mass is 9.96. The van der Waals surface area contributed by atoms with Crippen LogP contribution in [0.1, 0.15) is 49.6 Å². The van der Waals surface area contributed by atoms with Gasteiger partial charge in [0, 0.05) is 27.4 Å². The van der Waals surface area contributed by atoms with Crippen molar-refractivity contribution < 1.29 is 9.47 Å². The highest BCUT2D eigenvalue weighted by molar-refractivity contribution is 7.98. The summed E-state index contributed by atoms with van der Waals surface area (Å²) in [4.78, 5) is 8.96. The molecule has 42 heavy (non-hydrogen) atoms. The van der Waals surface area contributed by atoms with Gasteiger partial charge in [-0.05, 0) is 51.0 Å². The van der Waals surface area contributed by atoms with Gasteiger partial charge in [-0.1, -0.05) is 66.2 Å². The highest BCUT2D eigenvalue weighted by Crippen LogP contribution is 2.37. The van der Waals surface area contributed by atoms with Crippen LogP contribution >= 0.6 is 34.7 Å². The van der Waals surface area contributed by atoms with E-state index in [0.29, 0.717) is 33.0 Å². The summed E-state index contributed by atoms with van der Waals surface area (Å²) < 4.78 is 10.8. The maximum Gasteiger partial charge on any atom is 0.187 e. The van der Waals surface area contributed by atoms with Gasteiger partial charge in [0.25, 0.3) is 0 Å². The van der Waals surface area contributed by atoms with Crippen molar-refractivity contribution in [3.05, 3.63) is 81.3 Å². The molecule has 1 atom stereocenters. The lowest BCUT2D eigenvalue weighted by Gasteiger charge is -2.16. The van der Waals surface area contributed by atoms with E-state index in [9.17, 15) is 10.5 Å². The van der Waals surface area contributed by atoms with Gasteiger partial charge in [0.05, 0.1) is 24.0 Å². The number of ether oxygens (including phenoxy) is 2. The summed E-state index contributed by atoms with van der Waals surface area (Å²) in [7, 11) is 0. The quantitative estimate of drug-likeness (QED) is 0.197. The molecule has 4 aromatic rings. The fraction of sp³-hybridized carbons (Fsp3) is 0.290. The smallest absolute Gasteiger partial charge is 0.187 e. The van der Waals surface area contributed by atoms with E-state index >= 15 is 0 Å². The number of nitriles is 2. The largest absolute Gasteiger partial charge is 0.383 e. The molecule has 5 rings (SSSR count). The molecule has 1 unspecified atom stereocenters. The zero-order valence-corrected chi connectivity index (χ0v) is 26.2. The lowest BCUT2D eigenvalue weighted by Crippen LogP contribution is -2.21. The van der Waals surface area contributed by atoms with Gasteiger partial charge >= 0.3 is 0 Å². The number of thioether (sulfide) groups is 1. The summed E-state index contributed by atoms with van der Waals surface area (Å²) >= 11 is 8.88. The molecule has 3 N–H and O–H groups in total. The molecule has 0 radical (unpaired) electrons. The fourth-order valence-electron chi connectivity index (χ4n) is 4.14. The van der Waals surface area contributed by atoms with Gasteiger partial charge in [-0.15, -0.1) is 11.3 Å². The Bertz CT molecular complexity index is 1630. The molecule has 0 amide bonds. The molecule has 11 heteroatoms. The maximum absolute atomic E-state index is 9.93. The van der Waals surface area contributed by atoms with Crippen molar-refractivity contribution in [2.45, 2.75) is 56.8 Å². The van der Waals surface area contributed by atoms with Crippen LogP contribution in [0, 0.1) is 29.6 Å². The Kier molecular flexibility index (Phi) is 10.4. The van der Waals surface area contributed by atoms with Gasteiger partial charge in [0.15, 0.2) is 10.9 Å². The summed E-state index contributed by atoms with van der Waals surface area (Å²) in [5, 5.41) is 26.6. The standard InChI is InChI=1S/C24H17ClN6S2.C7H14O2/c1-14-5-7-15(8-6-14)21-19(10-26)22(28)31-23(20(21)11-27)32-12-18-13-33-24(30-18)29-17-4-2-3-16(25)9-17;1-4-6-5-8-7(2,3)9-6/h2-9,13H,12H2,1H3,(H2,28,31)(H,29,30);6H,4-5H2,1-3H3. The number of nitrogens with one attached hydrogen (secondary N) is 1. The molecule has 0 spiro atoms. The minimum atomic E-state index is -0.333. The van der Waals surface area contributed by atoms with Gasteiger partial charge in [0.2, 0.25) is 0 Å². The molecule has 1 aliphatic rings. The summed E-state index contributed by atoms with van der Waals surface area (Å²) in [6, 6.07) is 19.4. The first kappa shape index (κ1) is 31.3. The molecule has 1 fully saturated rings. The molecule has 3 heterocycles. The van der Waals surface area contributed by atoms with Gasteiger partial charge in [-0.2, -0.15) is 10.5 Å². The van der Waals surface area contributed by atoms with E-state index in [1.165, 1.54) is 23.1 Å². The van der Waals surface area contributed by atoms with E-state index in [-0.39, 0.29) is 17.2 Å². The number of hydrogen-bond acceptors (Lipinski definition) is 10. The number of nitrogen functional groups attached to an aromatic ring is 1. The second kappa shape index (κ2) is 14.0. The van der Waals surface area contributed by atoms with Crippen LogP contribution in [0.3, 0.4) is 0 Å². The Morgan fingerprint density at radius 2 is 1.88 bits per heavy atom. The van der Waals surface area contributed by atoms with Crippen LogP contribution in [0.25, 0.3) is 11.1 Å². The summed E-state index contributed by atoms with van der Waals surface area (Å²) in [5.41, 5.74) is 10.7. The van der Waals surface area contributed by atoms with Crippen molar-refractivity contribution in [2.75, 3.05) is 17.7 Å². The third-order valence-corrected chi connectivity index (χ3v) is 8.31. The van der Waals surface area contributed by atoms with Crippen molar-refractivity contribution in [1.29, 1.82) is 10.5 Å². The molecule has 1 aliphatic heterocycles. The van der Waals surface area contributed by atoms with Crippen LogP contribution in [0.2, 0.25) is 5.02 Å². The van der Waals surface area contributed by atoms with E-state index in [1.54, 1.807) is 0 Å². The number of halogens is 1. The van der Waals surface area contributed by atoms with Gasteiger partial charge < -0.3 is 20.5 Å². The average Bonchev–Trinajstić information content (AvgIpc) is 3.57. The van der Waals surface area contributed by atoms with E-state index in [1.807, 2.05) is 74.7 Å². The molecule has 0 bridgehead atoms. The van der Waals surface area contributed by atoms with Crippen LogP contribution < -0.4 is 11.1 Å². The van der Waals surface area contributed by atoms with Gasteiger partial charge in [0.1, 0.15) is 28.5 Å². The number of aryl methyl sites for hydroxylation is 1. The molecule has 1 saturated heterocycles. The number of thiazole rings is 1. The van der Waals surface area contributed by atoms with Crippen LogP contribution in [-0.2, 0) is 15.2 Å². The van der Waals surface area contributed by atoms with Gasteiger partial charge in [-0.25, -0.2) is 9.97 Å². The van der Waals surface area contributed by atoms with Gasteiger partial charge in [-0.3, -0.25) is 0 Å². The molecule has 0 aliphatic carbocycles. The molecular weight excluding hydrogens is 588 g/mol. The van der Waals surface area contributed by atoms with E-state index in [2.05, 4.69) is 34.3 Å².